The molecule has 1 N–H and O–H groups in total. The summed E-state index contributed by atoms with van der Waals surface area (Å²) in [6.45, 7) is 1.85. The Morgan fingerprint density at radius 3 is 3.05 bits per heavy atom. The Morgan fingerprint density at radius 1 is 1.40 bits per heavy atom. The van der Waals surface area contributed by atoms with Gasteiger partial charge in [0.05, 0.1) is 6.04 Å². The number of anilines is 2. The summed E-state index contributed by atoms with van der Waals surface area (Å²) in [4.78, 5) is 10.7. The van der Waals surface area contributed by atoms with Crippen LogP contribution in [0.1, 0.15) is 18.9 Å². The van der Waals surface area contributed by atoms with E-state index in [4.69, 9.17) is 11.6 Å². The van der Waals surface area contributed by atoms with Gasteiger partial charge in [0.2, 0.25) is 0 Å². The van der Waals surface area contributed by atoms with E-state index in [1.165, 1.54) is 6.33 Å². The van der Waals surface area contributed by atoms with Gasteiger partial charge in [0.15, 0.2) is 11.0 Å². The highest BCUT2D eigenvalue weighted by atomic mass is 35.5. The van der Waals surface area contributed by atoms with Crippen LogP contribution in [0.3, 0.4) is 0 Å². The SMILES string of the molecule is CNc1c(Cl)ncnc1N1CCCC(n2cccn2)C1. The summed E-state index contributed by atoms with van der Waals surface area (Å²) >= 11 is 6.13. The van der Waals surface area contributed by atoms with Crippen LogP contribution in [0, 0.1) is 0 Å². The molecular weight excluding hydrogens is 276 g/mol. The molecule has 1 atom stereocenters. The first-order chi connectivity index (χ1) is 9.79. The third kappa shape index (κ3) is 2.43. The maximum Gasteiger partial charge on any atom is 0.157 e. The number of hydrogen-bond donors (Lipinski definition) is 1. The predicted octanol–water partition coefficient (Wildman–Crippen LogP) is 2.21. The van der Waals surface area contributed by atoms with Crippen molar-refractivity contribution in [3.05, 3.63) is 29.9 Å². The molecule has 0 spiro atoms. The Balaban J connectivity index is 1.85. The van der Waals surface area contributed by atoms with E-state index in [-0.39, 0.29) is 0 Å². The van der Waals surface area contributed by atoms with Gasteiger partial charge in [0.25, 0.3) is 0 Å². The number of hydrogen-bond acceptors (Lipinski definition) is 5. The Kier molecular flexibility index (Phi) is 3.73. The van der Waals surface area contributed by atoms with E-state index in [9.17, 15) is 0 Å². The molecule has 1 aliphatic rings. The average molecular weight is 293 g/mol. The maximum absolute atomic E-state index is 6.13. The minimum atomic E-state index is 0.372. The van der Waals surface area contributed by atoms with Crippen LogP contribution in [0.2, 0.25) is 5.15 Å². The van der Waals surface area contributed by atoms with Crippen LogP contribution in [0.4, 0.5) is 11.5 Å². The molecule has 0 bridgehead atoms. The minimum absolute atomic E-state index is 0.372. The van der Waals surface area contributed by atoms with Crippen molar-refractivity contribution < 1.29 is 0 Å². The molecule has 7 heteroatoms. The zero-order chi connectivity index (χ0) is 13.9. The molecule has 1 fully saturated rings. The Labute approximate surface area is 122 Å². The molecule has 0 aliphatic carbocycles. The molecule has 1 unspecified atom stereocenters. The van der Waals surface area contributed by atoms with Gasteiger partial charge in [-0.05, 0) is 18.9 Å². The van der Waals surface area contributed by atoms with Crippen LogP contribution < -0.4 is 10.2 Å². The van der Waals surface area contributed by atoms with E-state index in [0.717, 1.165) is 37.4 Å². The van der Waals surface area contributed by atoms with Crippen LogP contribution in [-0.2, 0) is 0 Å². The van der Waals surface area contributed by atoms with Crippen molar-refractivity contribution in [3.63, 3.8) is 0 Å². The molecule has 2 aromatic rings. The second kappa shape index (κ2) is 5.66. The third-order valence-electron chi connectivity index (χ3n) is 3.63. The minimum Gasteiger partial charge on any atom is -0.383 e. The molecule has 0 amide bonds. The standard InChI is InChI=1S/C13H17ClN6/c1-15-11-12(14)16-9-17-13(11)19-6-2-4-10(8-19)20-7-3-5-18-20/h3,5,7,9-10,15H,2,4,6,8H2,1H3. The molecule has 0 radical (unpaired) electrons. The number of halogens is 1. The molecule has 6 nitrogen and oxygen atoms in total. The van der Waals surface area contributed by atoms with E-state index in [0.29, 0.717) is 11.2 Å². The van der Waals surface area contributed by atoms with Crippen LogP contribution >= 0.6 is 11.6 Å². The van der Waals surface area contributed by atoms with Gasteiger partial charge < -0.3 is 10.2 Å². The largest absolute Gasteiger partial charge is 0.383 e. The zero-order valence-electron chi connectivity index (χ0n) is 11.3. The van der Waals surface area contributed by atoms with Gasteiger partial charge >= 0.3 is 0 Å². The second-order valence-electron chi connectivity index (χ2n) is 4.84. The first kappa shape index (κ1) is 13.2. The van der Waals surface area contributed by atoms with E-state index >= 15 is 0 Å². The summed E-state index contributed by atoms with van der Waals surface area (Å²) in [5, 5.41) is 7.89. The van der Waals surface area contributed by atoms with Crippen molar-refractivity contribution in [1.82, 2.24) is 19.7 Å². The van der Waals surface area contributed by atoms with Gasteiger partial charge in [-0.2, -0.15) is 5.10 Å². The molecule has 3 heterocycles. The van der Waals surface area contributed by atoms with Gasteiger partial charge in [0.1, 0.15) is 12.0 Å². The summed E-state index contributed by atoms with van der Waals surface area (Å²) in [7, 11) is 1.84. The summed E-state index contributed by atoms with van der Waals surface area (Å²) < 4.78 is 2.02. The van der Waals surface area contributed by atoms with Gasteiger partial charge in [0, 0.05) is 32.5 Å². The Bertz CT molecular complexity index is 570. The van der Waals surface area contributed by atoms with Gasteiger partial charge in [-0.15, -0.1) is 0 Å². The van der Waals surface area contributed by atoms with Crippen molar-refractivity contribution in [1.29, 1.82) is 0 Å². The van der Waals surface area contributed by atoms with Gasteiger partial charge in [-0.25, -0.2) is 9.97 Å². The second-order valence-corrected chi connectivity index (χ2v) is 5.20. The number of piperidine rings is 1. The monoisotopic (exact) mass is 292 g/mol. The first-order valence-electron chi connectivity index (χ1n) is 6.72. The molecule has 106 valence electrons. The van der Waals surface area contributed by atoms with Crippen LogP contribution in [-0.4, -0.2) is 39.9 Å². The number of nitrogens with one attached hydrogen (secondary N) is 1. The molecule has 0 aromatic carbocycles. The number of nitrogens with zero attached hydrogens (tertiary/aromatic N) is 5. The van der Waals surface area contributed by atoms with Crippen LogP contribution in [0.25, 0.3) is 0 Å². The lowest BCUT2D eigenvalue weighted by Gasteiger charge is -2.34. The lowest BCUT2D eigenvalue weighted by molar-refractivity contribution is 0.375. The van der Waals surface area contributed by atoms with Crippen molar-refractivity contribution in [2.75, 3.05) is 30.4 Å². The van der Waals surface area contributed by atoms with Crippen LogP contribution in [0.5, 0.6) is 0 Å². The van der Waals surface area contributed by atoms with Crippen molar-refractivity contribution in [2.45, 2.75) is 18.9 Å². The molecule has 2 aromatic heterocycles. The van der Waals surface area contributed by atoms with Crippen LogP contribution in [0.15, 0.2) is 24.8 Å². The van der Waals surface area contributed by atoms with Gasteiger partial charge in [-0.1, -0.05) is 11.6 Å². The summed E-state index contributed by atoms with van der Waals surface area (Å²) in [5.74, 6) is 0.865. The summed E-state index contributed by atoms with van der Waals surface area (Å²) in [5.41, 5.74) is 0.787. The third-order valence-corrected chi connectivity index (χ3v) is 3.91. The predicted molar refractivity (Wildman–Crippen MR) is 79.3 cm³/mol. The highest BCUT2D eigenvalue weighted by molar-refractivity contribution is 6.32. The Morgan fingerprint density at radius 2 is 2.30 bits per heavy atom. The van der Waals surface area contributed by atoms with E-state index in [1.54, 1.807) is 0 Å². The molecule has 3 rings (SSSR count). The van der Waals surface area contributed by atoms with Crippen molar-refractivity contribution in [2.24, 2.45) is 0 Å². The lowest BCUT2D eigenvalue weighted by Crippen LogP contribution is -2.37. The Hall–Kier alpha value is -1.82. The normalized spacial score (nSPS) is 19.1. The van der Waals surface area contributed by atoms with E-state index in [1.807, 2.05) is 30.2 Å². The fourth-order valence-electron chi connectivity index (χ4n) is 2.67. The van der Waals surface area contributed by atoms with E-state index in [2.05, 4.69) is 25.3 Å². The van der Waals surface area contributed by atoms with Crippen molar-refractivity contribution in [3.8, 4) is 0 Å². The first-order valence-corrected chi connectivity index (χ1v) is 7.09. The average Bonchev–Trinajstić information content (AvgIpc) is 3.01. The highest BCUT2D eigenvalue weighted by Gasteiger charge is 2.24. The maximum atomic E-state index is 6.13. The van der Waals surface area contributed by atoms with Crippen molar-refractivity contribution >= 4 is 23.1 Å². The molecule has 0 saturated carbocycles. The topological polar surface area (TPSA) is 58.9 Å². The highest BCUT2D eigenvalue weighted by Crippen LogP contribution is 2.32. The fraction of sp³-hybridized carbons (Fsp3) is 0.462. The fourth-order valence-corrected chi connectivity index (χ4v) is 2.89. The van der Waals surface area contributed by atoms with Gasteiger partial charge in [-0.3, -0.25) is 4.68 Å². The summed E-state index contributed by atoms with van der Waals surface area (Å²) in [6.07, 6.45) is 7.58. The quantitative estimate of drug-likeness (QED) is 0.879. The lowest BCUT2D eigenvalue weighted by atomic mass is 10.1. The number of aromatic nitrogens is 4. The molecule has 1 aliphatic heterocycles. The number of rotatable bonds is 3. The molecular formula is C13H17ClN6. The molecule has 20 heavy (non-hydrogen) atoms. The smallest absolute Gasteiger partial charge is 0.157 e. The van der Waals surface area contributed by atoms with E-state index < -0.39 is 0 Å². The summed E-state index contributed by atoms with van der Waals surface area (Å²) in [6, 6.07) is 2.33. The molecule has 1 saturated heterocycles. The zero-order valence-corrected chi connectivity index (χ0v) is 12.1.